The Labute approximate surface area is 117 Å². The standard InChI is InChI=1S/C14H19N3O3/c18-13(17-8-2-1-3-9-17)6-7-15-11-4-5-12(14(19)20)16-10-11/h4-5,10,15H,1-3,6-9H2,(H,19,20). The summed E-state index contributed by atoms with van der Waals surface area (Å²) in [5.74, 6) is -0.871. The number of carbonyl (C=O) groups is 2. The highest BCUT2D eigenvalue weighted by molar-refractivity contribution is 5.85. The number of hydrogen-bond acceptors (Lipinski definition) is 4. The highest BCUT2D eigenvalue weighted by Crippen LogP contribution is 2.10. The summed E-state index contributed by atoms with van der Waals surface area (Å²) in [6, 6.07) is 3.10. The predicted octanol–water partition coefficient (Wildman–Crippen LogP) is 1.59. The van der Waals surface area contributed by atoms with Gasteiger partial charge in [-0.15, -0.1) is 0 Å². The molecule has 2 rings (SSSR count). The number of carboxylic acids is 1. The van der Waals surface area contributed by atoms with Gasteiger partial charge in [0.1, 0.15) is 5.69 Å². The van der Waals surface area contributed by atoms with E-state index in [1.165, 1.54) is 18.7 Å². The molecule has 0 bridgehead atoms. The van der Waals surface area contributed by atoms with Crippen LogP contribution in [0.5, 0.6) is 0 Å². The second kappa shape index (κ2) is 6.88. The van der Waals surface area contributed by atoms with Gasteiger partial charge in [0.2, 0.25) is 5.91 Å². The molecule has 0 aliphatic carbocycles. The number of anilines is 1. The summed E-state index contributed by atoms with van der Waals surface area (Å²) in [4.78, 5) is 28.3. The Hall–Kier alpha value is -2.11. The topological polar surface area (TPSA) is 82.5 Å². The third-order valence-electron chi connectivity index (χ3n) is 3.36. The van der Waals surface area contributed by atoms with Gasteiger partial charge < -0.3 is 15.3 Å². The van der Waals surface area contributed by atoms with Gasteiger partial charge in [0, 0.05) is 26.1 Å². The molecule has 1 aromatic heterocycles. The molecule has 6 nitrogen and oxygen atoms in total. The zero-order valence-electron chi connectivity index (χ0n) is 11.3. The van der Waals surface area contributed by atoms with Crippen molar-refractivity contribution in [3.8, 4) is 0 Å². The van der Waals surface area contributed by atoms with E-state index in [4.69, 9.17) is 5.11 Å². The van der Waals surface area contributed by atoms with Gasteiger partial charge >= 0.3 is 5.97 Å². The van der Waals surface area contributed by atoms with Crippen LogP contribution in [0, 0.1) is 0 Å². The first-order chi connectivity index (χ1) is 9.66. The van der Waals surface area contributed by atoms with Crippen molar-refractivity contribution < 1.29 is 14.7 Å². The van der Waals surface area contributed by atoms with Gasteiger partial charge in [-0.05, 0) is 31.4 Å². The Morgan fingerprint density at radius 2 is 2.00 bits per heavy atom. The van der Waals surface area contributed by atoms with Crippen LogP contribution >= 0.6 is 0 Å². The summed E-state index contributed by atoms with van der Waals surface area (Å²) in [7, 11) is 0. The zero-order valence-corrected chi connectivity index (χ0v) is 11.3. The number of carboxylic acid groups (broad SMARTS) is 1. The first kappa shape index (κ1) is 14.3. The fourth-order valence-corrected chi connectivity index (χ4v) is 2.24. The molecule has 0 unspecified atom stereocenters. The van der Waals surface area contributed by atoms with Gasteiger partial charge in [-0.3, -0.25) is 4.79 Å². The van der Waals surface area contributed by atoms with Crippen molar-refractivity contribution in [2.24, 2.45) is 0 Å². The molecule has 0 spiro atoms. The summed E-state index contributed by atoms with van der Waals surface area (Å²) in [5, 5.41) is 11.8. The van der Waals surface area contributed by atoms with Crippen LogP contribution in [0.4, 0.5) is 5.69 Å². The lowest BCUT2D eigenvalue weighted by Crippen LogP contribution is -2.36. The molecule has 2 N–H and O–H groups in total. The van der Waals surface area contributed by atoms with Gasteiger partial charge in [0.05, 0.1) is 11.9 Å². The van der Waals surface area contributed by atoms with E-state index >= 15 is 0 Å². The van der Waals surface area contributed by atoms with E-state index in [-0.39, 0.29) is 11.6 Å². The zero-order chi connectivity index (χ0) is 14.4. The van der Waals surface area contributed by atoms with Crippen LogP contribution < -0.4 is 5.32 Å². The number of likely N-dealkylation sites (tertiary alicyclic amines) is 1. The molecule has 0 radical (unpaired) electrons. The number of nitrogens with zero attached hydrogens (tertiary/aromatic N) is 2. The lowest BCUT2D eigenvalue weighted by Gasteiger charge is -2.26. The van der Waals surface area contributed by atoms with Crippen molar-refractivity contribution in [1.29, 1.82) is 0 Å². The molecule has 0 aromatic carbocycles. The van der Waals surface area contributed by atoms with Crippen LogP contribution in [0.15, 0.2) is 18.3 Å². The van der Waals surface area contributed by atoms with Crippen LogP contribution in [-0.4, -0.2) is 46.5 Å². The molecular formula is C14H19N3O3. The average molecular weight is 277 g/mol. The molecule has 2 heterocycles. The molecule has 0 atom stereocenters. The number of piperidine rings is 1. The molecular weight excluding hydrogens is 258 g/mol. The van der Waals surface area contributed by atoms with Gasteiger partial charge in [0.15, 0.2) is 0 Å². The summed E-state index contributed by atoms with van der Waals surface area (Å²) >= 11 is 0. The van der Waals surface area contributed by atoms with Crippen LogP contribution in [-0.2, 0) is 4.79 Å². The van der Waals surface area contributed by atoms with Crippen LogP contribution in [0.1, 0.15) is 36.2 Å². The minimum atomic E-state index is -1.04. The van der Waals surface area contributed by atoms with Gasteiger partial charge in [-0.25, -0.2) is 9.78 Å². The van der Waals surface area contributed by atoms with Crippen molar-refractivity contribution in [3.05, 3.63) is 24.0 Å². The van der Waals surface area contributed by atoms with Gasteiger partial charge in [0.25, 0.3) is 0 Å². The van der Waals surface area contributed by atoms with Crippen LogP contribution in [0.25, 0.3) is 0 Å². The first-order valence-electron chi connectivity index (χ1n) is 6.88. The number of nitrogens with one attached hydrogen (secondary N) is 1. The van der Waals surface area contributed by atoms with E-state index in [1.54, 1.807) is 6.07 Å². The lowest BCUT2D eigenvalue weighted by atomic mass is 10.1. The maximum atomic E-state index is 11.9. The van der Waals surface area contributed by atoms with E-state index in [0.717, 1.165) is 31.6 Å². The highest BCUT2D eigenvalue weighted by atomic mass is 16.4. The number of aromatic nitrogens is 1. The minimum Gasteiger partial charge on any atom is -0.477 e. The SMILES string of the molecule is O=C(O)c1ccc(NCCC(=O)N2CCCCC2)cn1. The van der Waals surface area contributed by atoms with Gasteiger partial charge in [-0.2, -0.15) is 0 Å². The van der Waals surface area contributed by atoms with Crippen LogP contribution in [0.2, 0.25) is 0 Å². The molecule has 1 amide bonds. The largest absolute Gasteiger partial charge is 0.477 e. The smallest absolute Gasteiger partial charge is 0.354 e. The van der Waals surface area contributed by atoms with Gasteiger partial charge in [-0.1, -0.05) is 0 Å². The number of pyridine rings is 1. The van der Waals surface area contributed by atoms with Crippen molar-refractivity contribution in [2.75, 3.05) is 25.0 Å². The Morgan fingerprint density at radius 1 is 1.25 bits per heavy atom. The summed E-state index contributed by atoms with van der Waals surface area (Å²) in [6.07, 6.45) is 5.32. The molecule has 1 fully saturated rings. The number of rotatable bonds is 5. The third kappa shape index (κ3) is 3.94. The predicted molar refractivity (Wildman–Crippen MR) is 74.7 cm³/mol. The van der Waals surface area contributed by atoms with E-state index in [2.05, 4.69) is 10.3 Å². The fraction of sp³-hybridized carbons (Fsp3) is 0.500. The number of aromatic carboxylic acids is 1. The Bertz CT molecular complexity index is 467. The highest BCUT2D eigenvalue weighted by Gasteiger charge is 2.15. The monoisotopic (exact) mass is 277 g/mol. The Morgan fingerprint density at radius 3 is 2.60 bits per heavy atom. The average Bonchev–Trinajstić information content (AvgIpc) is 2.48. The minimum absolute atomic E-state index is 0.0138. The second-order valence-electron chi connectivity index (χ2n) is 4.86. The summed E-state index contributed by atoms with van der Waals surface area (Å²) in [6.45, 7) is 2.27. The number of hydrogen-bond donors (Lipinski definition) is 2. The van der Waals surface area contributed by atoms with E-state index in [0.29, 0.717) is 13.0 Å². The summed E-state index contributed by atoms with van der Waals surface area (Å²) in [5.41, 5.74) is 0.737. The number of carbonyl (C=O) groups excluding carboxylic acids is 1. The van der Waals surface area contributed by atoms with Crippen LogP contribution in [0.3, 0.4) is 0 Å². The molecule has 6 heteroatoms. The molecule has 108 valence electrons. The second-order valence-corrected chi connectivity index (χ2v) is 4.86. The Kier molecular flexibility index (Phi) is 4.92. The van der Waals surface area contributed by atoms with E-state index in [1.807, 2.05) is 4.90 Å². The third-order valence-corrected chi connectivity index (χ3v) is 3.36. The van der Waals surface area contributed by atoms with E-state index in [9.17, 15) is 9.59 Å². The molecule has 20 heavy (non-hydrogen) atoms. The quantitative estimate of drug-likeness (QED) is 0.854. The molecule has 0 saturated carbocycles. The maximum Gasteiger partial charge on any atom is 0.354 e. The Balaban J connectivity index is 1.74. The summed E-state index contributed by atoms with van der Waals surface area (Å²) < 4.78 is 0. The fourth-order valence-electron chi connectivity index (χ4n) is 2.24. The maximum absolute atomic E-state index is 11.9. The first-order valence-corrected chi connectivity index (χ1v) is 6.88. The van der Waals surface area contributed by atoms with Crippen molar-refractivity contribution in [2.45, 2.75) is 25.7 Å². The molecule has 1 aliphatic heterocycles. The molecule has 1 aliphatic rings. The van der Waals surface area contributed by atoms with Crippen molar-refractivity contribution in [1.82, 2.24) is 9.88 Å². The lowest BCUT2D eigenvalue weighted by molar-refractivity contribution is -0.131. The van der Waals surface area contributed by atoms with E-state index < -0.39 is 5.97 Å². The molecule has 1 saturated heterocycles. The van der Waals surface area contributed by atoms with Crippen molar-refractivity contribution in [3.63, 3.8) is 0 Å². The normalized spacial score (nSPS) is 14.9. The van der Waals surface area contributed by atoms with Crippen molar-refractivity contribution >= 4 is 17.6 Å². The number of amides is 1. The molecule has 1 aromatic rings.